The van der Waals surface area contributed by atoms with Crippen molar-refractivity contribution < 1.29 is 18.3 Å². The quantitative estimate of drug-likeness (QED) is 0.622. The molecule has 0 saturated carbocycles. The van der Waals surface area contributed by atoms with E-state index in [0.717, 1.165) is 17.0 Å². The summed E-state index contributed by atoms with van der Waals surface area (Å²) in [5, 5.41) is 7.56. The lowest BCUT2D eigenvalue weighted by Crippen LogP contribution is -2.24. The average Bonchev–Trinajstić information content (AvgIpc) is 3.02. The van der Waals surface area contributed by atoms with E-state index in [1.54, 1.807) is 16.6 Å². The third-order valence-electron chi connectivity index (χ3n) is 3.57. The number of benzene rings is 1. The first-order chi connectivity index (χ1) is 12.9. The van der Waals surface area contributed by atoms with Gasteiger partial charge in [0.05, 0.1) is 5.75 Å². The molecule has 3 rings (SSSR count). The maximum Gasteiger partial charge on any atom is 0.387 e. The number of alkyl halides is 2. The van der Waals surface area contributed by atoms with Crippen LogP contribution < -0.4 is 10.1 Å². The molecule has 0 aliphatic rings. The lowest BCUT2D eigenvalue weighted by Gasteiger charge is -2.07. The summed E-state index contributed by atoms with van der Waals surface area (Å²) in [7, 11) is 0. The van der Waals surface area contributed by atoms with E-state index in [0.29, 0.717) is 10.9 Å². The molecule has 3 aromatic rings. The summed E-state index contributed by atoms with van der Waals surface area (Å²) in [6.07, 6.45) is 0. The maximum atomic E-state index is 12.1. The summed E-state index contributed by atoms with van der Waals surface area (Å²) in [6.45, 7) is 1.22. The Kier molecular flexibility index (Phi) is 5.84. The van der Waals surface area contributed by atoms with Gasteiger partial charge in [0.2, 0.25) is 11.1 Å². The molecule has 1 aromatic carbocycles. The number of halogens is 2. The largest absolute Gasteiger partial charge is 0.435 e. The summed E-state index contributed by atoms with van der Waals surface area (Å²) in [4.78, 5) is 20.6. The Morgan fingerprint density at radius 1 is 1.26 bits per heavy atom. The van der Waals surface area contributed by atoms with E-state index in [4.69, 9.17) is 0 Å². The van der Waals surface area contributed by atoms with Gasteiger partial charge in [-0.25, -0.2) is 9.50 Å². The Labute approximate surface area is 158 Å². The molecule has 0 aliphatic heterocycles. The fraction of sp³-hybridized carbons (Fsp3) is 0.294. The predicted octanol–water partition coefficient (Wildman–Crippen LogP) is 2.75. The number of hydrogen-bond donors (Lipinski definition) is 1. The number of ether oxygens (including phenoxy) is 1. The molecule has 2 aromatic heterocycles. The van der Waals surface area contributed by atoms with Crippen LogP contribution in [-0.2, 0) is 11.3 Å². The molecule has 10 heteroatoms. The van der Waals surface area contributed by atoms with Crippen molar-refractivity contribution in [3.63, 3.8) is 0 Å². The number of nitrogens with zero attached hydrogens (tertiary/aromatic N) is 4. The van der Waals surface area contributed by atoms with Gasteiger partial charge in [0.25, 0.3) is 5.78 Å². The lowest BCUT2D eigenvalue weighted by molar-refractivity contribution is -0.118. The minimum absolute atomic E-state index is 0.0766. The van der Waals surface area contributed by atoms with E-state index in [2.05, 4.69) is 25.1 Å². The molecule has 0 radical (unpaired) electrons. The summed E-state index contributed by atoms with van der Waals surface area (Å²) in [5.74, 6) is 0.545. The number of aromatic nitrogens is 4. The zero-order valence-corrected chi connectivity index (χ0v) is 15.5. The fourth-order valence-corrected chi connectivity index (χ4v) is 3.03. The van der Waals surface area contributed by atoms with Crippen LogP contribution in [0.3, 0.4) is 0 Å². The second-order valence-electron chi connectivity index (χ2n) is 5.73. The van der Waals surface area contributed by atoms with Crippen molar-refractivity contribution in [2.24, 2.45) is 0 Å². The van der Waals surface area contributed by atoms with Gasteiger partial charge in [-0.05, 0) is 37.6 Å². The smallest absolute Gasteiger partial charge is 0.387 e. The van der Waals surface area contributed by atoms with Gasteiger partial charge in [-0.15, -0.1) is 5.10 Å². The molecular formula is C17H17F2N5O2S. The second-order valence-corrected chi connectivity index (χ2v) is 6.68. The zero-order valence-electron chi connectivity index (χ0n) is 14.6. The highest BCUT2D eigenvalue weighted by Crippen LogP contribution is 2.16. The summed E-state index contributed by atoms with van der Waals surface area (Å²) in [5.41, 5.74) is 2.54. The highest BCUT2D eigenvalue weighted by molar-refractivity contribution is 7.99. The second kappa shape index (κ2) is 8.30. The van der Waals surface area contributed by atoms with E-state index in [1.807, 2.05) is 19.9 Å². The minimum atomic E-state index is -2.86. The number of carbonyl (C=O) groups is 1. The SMILES string of the molecule is Cc1cc(C)n2nc(SCC(=O)NCc3ccc(OC(F)F)cc3)nc2n1. The highest BCUT2D eigenvalue weighted by atomic mass is 32.2. The molecule has 1 amide bonds. The molecule has 27 heavy (non-hydrogen) atoms. The molecule has 0 aliphatic carbocycles. The molecule has 0 unspecified atom stereocenters. The lowest BCUT2D eigenvalue weighted by atomic mass is 10.2. The maximum absolute atomic E-state index is 12.1. The Hall–Kier alpha value is -2.75. The van der Waals surface area contributed by atoms with Gasteiger partial charge in [0.15, 0.2) is 0 Å². The molecular weight excluding hydrogens is 376 g/mol. The molecule has 2 heterocycles. The van der Waals surface area contributed by atoms with Gasteiger partial charge in [0, 0.05) is 17.9 Å². The third-order valence-corrected chi connectivity index (χ3v) is 4.41. The molecule has 0 saturated heterocycles. The fourth-order valence-electron chi connectivity index (χ4n) is 2.38. The first kappa shape index (κ1) is 19.0. The molecule has 0 bridgehead atoms. The van der Waals surface area contributed by atoms with Gasteiger partial charge in [0.1, 0.15) is 5.75 Å². The molecule has 0 spiro atoms. The molecule has 0 fully saturated rings. The number of amides is 1. The van der Waals surface area contributed by atoms with Crippen LogP contribution in [0.2, 0.25) is 0 Å². The van der Waals surface area contributed by atoms with E-state index in [-0.39, 0.29) is 24.0 Å². The summed E-state index contributed by atoms with van der Waals surface area (Å²) >= 11 is 1.21. The molecule has 0 atom stereocenters. The highest BCUT2D eigenvalue weighted by Gasteiger charge is 2.11. The van der Waals surface area contributed by atoms with Crippen LogP contribution in [0.5, 0.6) is 5.75 Å². The number of rotatable bonds is 7. The van der Waals surface area contributed by atoms with Gasteiger partial charge >= 0.3 is 6.61 Å². The first-order valence-corrected chi connectivity index (χ1v) is 9.03. The van der Waals surface area contributed by atoms with Crippen molar-refractivity contribution in [3.05, 3.63) is 47.3 Å². The number of thioether (sulfide) groups is 1. The topological polar surface area (TPSA) is 81.4 Å². The Balaban J connectivity index is 1.50. The van der Waals surface area contributed by atoms with E-state index in [1.165, 1.54) is 23.9 Å². The number of aryl methyl sites for hydroxylation is 2. The van der Waals surface area contributed by atoms with Crippen molar-refractivity contribution in [3.8, 4) is 5.75 Å². The van der Waals surface area contributed by atoms with Crippen LogP contribution in [0.4, 0.5) is 8.78 Å². The standard InChI is InChI=1S/C17H17F2N5O2S/c1-10-7-11(2)24-16(21-10)22-17(23-24)27-9-14(25)20-8-12-3-5-13(6-4-12)26-15(18)19/h3-7,15H,8-9H2,1-2H3,(H,20,25). The summed E-state index contributed by atoms with van der Waals surface area (Å²) in [6, 6.07) is 8.00. The number of hydrogen-bond acceptors (Lipinski definition) is 6. The molecule has 1 N–H and O–H groups in total. The Morgan fingerprint density at radius 2 is 2.00 bits per heavy atom. The summed E-state index contributed by atoms with van der Waals surface area (Å²) < 4.78 is 30.1. The van der Waals surface area contributed by atoms with Crippen molar-refractivity contribution in [1.29, 1.82) is 0 Å². The van der Waals surface area contributed by atoms with Gasteiger partial charge in [-0.1, -0.05) is 23.9 Å². The number of nitrogens with one attached hydrogen (secondary N) is 1. The molecule has 142 valence electrons. The van der Waals surface area contributed by atoms with Crippen molar-refractivity contribution >= 4 is 23.4 Å². The van der Waals surface area contributed by atoms with Crippen LogP contribution in [-0.4, -0.2) is 37.9 Å². The van der Waals surface area contributed by atoms with Crippen LogP contribution >= 0.6 is 11.8 Å². The van der Waals surface area contributed by atoms with Crippen LogP contribution in [0.1, 0.15) is 17.0 Å². The monoisotopic (exact) mass is 393 g/mol. The third kappa shape index (κ3) is 5.13. The Morgan fingerprint density at radius 3 is 2.70 bits per heavy atom. The van der Waals surface area contributed by atoms with Crippen LogP contribution in [0.25, 0.3) is 5.78 Å². The van der Waals surface area contributed by atoms with E-state index >= 15 is 0 Å². The van der Waals surface area contributed by atoms with Gasteiger partial charge < -0.3 is 10.1 Å². The predicted molar refractivity (Wildman–Crippen MR) is 95.9 cm³/mol. The average molecular weight is 393 g/mol. The van der Waals surface area contributed by atoms with Gasteiger partial charge in [-0.2, -0.15) is 13.8 Å². The van der Waals surface area contributed by atoms with Crippen molar-refractivity contribution in [2.45, 2.75) is 32.2 Å². The van der Waals surface area contributed by atoms with Gasteiger partial charge in [-0.3, -0.25) is 4.79 Å². The number of carbonyl (C=O) groups excluding carboxylic acids is 1. The van der Waals surface area contributed by atoms with Crippen molar-refractivity contribution in [1.82, 2.24) is 24.9 Å². The first-order valence-electron chi connectivity index (χ1n) is 8.05. The van der Waals surface area contributed by atoms with E-state index in [9.17, 15) is 13.6 Å². The zero-order chi connectivity index (χ0) is 19.4. The normalized spacial score (nSPS) is 11.1. The Bertz CT molecular complexity index is 946. The minimum Gasteiger partial charge on any atom is -0.435 e. The van der Waals surface area contributed by atoms with Crippen LogP contribution in [0, 0.1) is 13.8 Å². The van der Waals surface area contributed by atoms with E-state index < -0.39 is 6.61 Å². The van der Waals surface area contributed by atoms with Crippen LogP contribution in [0.15, 0.2) is 35.5 Å². The number of fused-ring (bicyclic) bond motifs is 1. The molecule has 7 nitrogen and oxygen atoms in total. The van der Waals surface area contributed by atoms with Crippen molar-refractivity contribution in [2.75, 3.05) is 5.75 Å².